The van der Waals surface area contributed by atoms with Gasteiger partial charge >= 0.3 is 0 Å². The highest BCUT2D eigenvalue weighted by molar-refractivity contribution is 7.15. The number of aromatic nitrogens is 1. The van der Waals surface area contributed by atoms with Gasteiger partial charge in [0.25, 0.3) is 0 Å². The molecule has 1 atom stereocenters. The molecule has 0 saturated heterocycles. The van der Waals surface area contributed by atoms with Crippen molar-refractivity contribution in [3.63, 3.8) is 0 Å². The molecule has 0 aliphatic heterocycles. The van der Waals surface area contributed by atoms with E-state index in [0.717, 1.165) is 30.5 Å². The molecule has 0 fully saturated rings. The Morgan fingerprint density at radius 1 is 1.47 bits per heavy atom. The van der Waals surface area contributed by atoms with E-state index in [0.29, 0.717) is 5.92 Å². The molecule has 0 aliphatic carbocycles. The van der Waals surface area contributed by atoms with Crippen molar-refractivity contribution in [2.24, 2.45) is 11.7 Å². The highest BCUT2D eigenvalue weighted by atomic mass is 32.1. The molecular weight excluding hydrogens is 206 g/mol. The van der Waals surface area contributed by atoms with E-state index in [4.69, 9.17) is 5.73 Å². The zero-order chi connectivity index (χ0) is 11.4. The zero-order valence-electron chi connectivity index (χ0n) is 10.1. The lowest BCUT2D eigenvalue weighted by molar-refractivity contribution is 0.575. The van der Waals surface area contributed by atoms with Crippen molar-refractivity contribution in [3.8, 4) is 0 Å². The summed E-state index contributed by atoms with van der Waals surface area (Å²) in [6.45, 7) is 11.3. The van der Waals surface area contributed by atoms with Crippen molar-refractivity contribution in [2.45, 2.75) is 27.7 Å². The maximum absolute atomic E-state index is 5.64. The highest BCUT2D eigenvalue weighted by Crippen LogP contribution is 2.25. The molecule has 0 amide bonds. The summed E-state index contributed by atoms with van der Waals surface area (Å²) in [4.78, 5) is 8.19. The van der Waals surface area contributed by atoms with Gasteiger partial charge in [-0.05, 0) is 33.2 Å². The number of nitrogens with zero attached hydrogens (tertiary/aromatic N) is 2. The Bertz CT molecular complexity index is 289. The van der Waals surface area contributed by atoms with Crippen molar-refractivity contribution in [1.82, 2.24) is 4.98 Å². The van der Waals surface area contributed by atoms with E-state index in [9.17, 15) is 0 Å². The zero-order valence-corrected chi connectivity index (χ0v) is 10.9. The van der Waals surface area contributed by atoms with E-state index in [1.165, 1.54) is 4.88 Å². The topological polar surface area (TPSA) is 42.1 Å². The third-order valence-corrected chi connectivity index (χ3v) is 3.74. The van der Waals surface area contributed by atoms with Gasteiger partial charge in [0.15, 0.2) is 5.13 Å². The molecule has 0 aliphatic rings. The van der Waals surface area contributed by atoms with Gasteiger partial charge in [0.05, 0.1) is 5.69 Å². The predicted octanol–water partition coefficient (Wildman–Crippen LogP) is 2.18. The molecule has 1 heterocycles. The maximum atomic E-state index is 5.64. The van der Waals surface area contributed by atoms with Crippen molar-refractivity contribution in [3.05, 3.63) is 10.6 Å². The summed E-state index contributed by atoms with van der Waals surface area (Å²) >= 11 is 1.77. The minimum Gasteiger partial charge on any atom is -0.348 e. The van der Waals surface area contributed by atoms with E-state index >= 15 is 0 Å². The number of hydrogen-bond acceptors (Lipinski definition) is 4. The number of thiazole rings is 1. The van der Waals surface area contributed by atoms with Crippen LogP contribution in [0.3, 0.4) is 0 Å². The van der Waals surface area contributed by atoms with Crippen LogP contribution in [-0.2, 0) is 0 Å². The largest absolute Gasteiger partial charge is 0.348 e. The van der Waals surface area contributed by atoms with Gasteiger partial charge in [-0.2, -0.15) is 0 Å². The Hall–Kier alpha value is -0.610. The minimum atomic E-state index is 0.523. The smallest absolute Gasteiger partial charge is 0.185 e. The summed E-state index contributed by atoms with van der Waals surface area (Å²) in [6, 6.07) is 0. The van der Waals surface area contributed by atoms with E-state index in [-0.39, 0.29) is 0 Å². The lowest BCUT2D eigenvalue weighted by Gasteiger charge is -2.23. The molecule has 15 heavy (non-hydrogen) atoms. The van der Waals surface area contributed by atoms with Crippen LogP contribution in [0.15, 0.2) is 0 Å². The average Bonchev–Trinajstić information content (AvgIpc) is 2.55. The van der Waals surface area contributed by atoms with Crippen molar-refractivity contribution >= 4 is 16.5 Å². The van der Waals surface area contributed by atoms with Crippen LogP contribution in [0.4, 0.5) is 5.13 Å². The predicted molar refractivity (Wildman–Crippen MR) is 67.7 cm³/mol. The quantitative estimate of drug-likeness (QED) is 0.838. The first kappa shape index (κ1) is 12.5. The van der Waals surface area contributed by atoms with Crippen molar-refractivity contribution < 1.29 is 0 Å². The van der Waals surface area contributed by atoms with E-state index in [2.05, 4.69) is 37.6 Å². The fourth-order valence-electron chi connectivity index (χ4n) is 1.38. The highest BCUT2D eigenvalue weighted by Gasteiger charge is 2.12. The van der Waals surface area contributed by atoms with E-state index < -0.39 is 0 Å². The summed E-state index contributed by atoms with van der Waals surface area (Å²) in [5.41, 5.74) is 6.79. The number of hydrogen-bond donors (Lipinski definition) is 1. The van der Waals surface area contributed by atoms with E-state index in [1.807, 2.05) is 0 Å². The van der Waals surface area contributed by atoms with Crippen LogP contribution < -0.4 is 10.6 Å². The summed E-state index contributed by atoms with van der Waals surface area (Å²) in [6.07, 6.45) is 0. The van der Waals surface area contributed by atoms with Crippen molar-refractivity contribution in [2.75, 3.05) is 24.5 Å². The van der Waals surface area contributed by atoms with Crippen LogP contribution >= 0.6 is 11.3 Å². The second-order valence-corrected chi connectivity index (χ2v) is 5.20. The summed E-state index contributed by atoms with van der Waals surface area (Å²) in [5, 5.41) is 1.13. The van der Waals surface area contributed by atoms with Crippen LogP contribution in [0.25, 0.3) is 0 Å². The lowest BCUT2D eigenvalue weighted by atomic mass is 10.2. The number of rotatable bonds is 5. The Labute approximate surface area is 96.3 Å². The normalized spacial score (nSPS) is 12.9. The number of aryl methyl sites for hydroxylation is 2. The van der Waals surface area contributed by atoms with Gasteiger partial charge in [-0.1, -0.05) is 6.92 Å². The molecule has 1 aromatic rings. The lowest BCUT2D eigenvalue weighted by Crippen LogP contribution is -2.31. The Kier molecular flexibility index (Phi) is 4.54. The fourth-order valence-corrected chi connectivity index (χ4v) is 2.37. The Morgan fingerprint density at radius 3 is 2.53 bits per heavy atom. The second kappa shape index (κ2) is 5.47. The van der Waals surface area contributed by atoms with Gasteiger partial charge < -0.3 is 10.6 Å². The number of anilines is 1. The van der Waals surface area contributed by atoms with Gasteiger partial charge in [-0.25, -0.2) is 4.98 Å². The van der Waals surface area contributed by atoms with Crippen LogP contribution in [0, 0.1) is 19.8 Å². The molecule has 1 unspecified atom stereocenters. The molecule has 4 heteroatoms. The number of nitrogens with two attached hydrogens (primary N) is 1. The molecule has 0 bridgehead atoms. The average molecular weight is 227 g/mol. The molecule has 86 valence electrons. The van der Waals surface area contributed by atoms with Crippen LogP contribution in [-0.4, -0.2) is 24.6 Å². The molecule has 1 aromatic heterocycles. The third kappa shape index (κ3) is 3.18. The Morgan fingerprint density at radius 2 is 2.13 bits per heavy atom. The minimum absolute atomic E-state index is 0.523. The first-order valence-corrected chi connectivity index (χ1v) is 6.29. The summed E-state index contributed by atoms with van der Waals surface area (Å²) in [7, 11) is 0. The van der Waals surface area contributed by atoms with Crippen molar-refractivity contribution in [1.29, 1.82) is 0 Å². The summed E-state index contributed by atoms with van der Waals surface area (Å²) < 4.78 is 0. The van der Waals surface area contributed by atoms with E-state index in [1.54, 1.807) is 11.3 Å². The Balaban J connectivity index is 2.74. The third-order valence-electron chi connectivity index (χ3n) is 2.60. The van der Waals surface area contributed by atoms with Crippen LogP contribution in [0.5, 0.6) is 0 Å². The second-order valence-electron chi connectivity index (χ2n) is 4.02. The van der Waals surface area contributed by atoms with Gasteiger partial charge in [0, 0.05) is 18.0 Å². The first-order chi connectivity index (χ1) is 7.08. The SMILES string of the molecule is CCN(CC(C)CN)c1nc(C)c(C)s1. The van der Waals surface area contributed by atoms with Crippen LogP contribution in [0.1, 0.15) is 24.4 Å². The molecule has 0 saturated carbocycles. The van der Waals surface area contributed by atoms with Gasteiger partial charge in [0.2, 0.25) is 0 Å². The molecular formula is C11H21N3S. The molecule has 3 nitrogen and oxygen atoms in total. The monoisotopic (exact) mass is 227 g/mol. The van der Waals surface area contributed by atoms with Crippen LogP contribution in [0.2, 0.25) is 0 Å². The fraction of sp³-hybridized carbons (Fsp3) is 0.727. The standard InChI is InChI=1S/C11H21N3S/c1-5-14(7-8(2)6-12)11-13-9(3)10(4)15-11/h8H,5-7,12H2,1-4H3. The molecule has 0 aromatic carbocycles. The first-order valence-electron chi connectivity index (χ1n) is 5.47. The van der Waals surface area contributed by atoms with Gasteiger partial charge in [-0.3, -0.25) is 0 Å². The summed E-state index contributed by atoms with van der Waals surface area (Å²) in [5.74, 6) is 0.523. The molecule has 0 spiro atoms. The van der Waals surface area contributed by atoms with Gasteiger partial charge in [-0.15, -0.1) is 11.3 Å². The molecule has 0 radical (unpaired) electrons. The molecule has 1 rings (SSSR count). The maximum Gasteiger partial charge on any atom is 0.185 e. The van der Waals surface area contributed by atoms with Gasteiger partial charge in [0.1, 0.15) is 0 Å². The molecule has 2 N–H and O–H groups in total.